The van der Waals surface area contributed by atoms with Crippen molar-refractivity contribution in [2.24, 2.45) is 0 Å². The number of rotatable bonds is 3. The molecule has 0 fully saturated rings. The largest absolute Gasteiger partial charge is 0.316 e. The van der Waals surface area contributed by atoms with Crippen LogP contribution in [0.2, 0.25) is 0 Å². The van der Waals surface area contributed by atoms with E-state index < -0.39 is 0 Å². The molecule has 96 valence electrons. The minimum atomic E-state index is -0.263. The molecule has 0 amide bonds. The first kappa shape index (κ1) is 13.2. The van der Waals surface area contributed by atoms with E-state index in [1.54, 1.807) is 10.7 Å². The molecule has 1 aromatic heterocycles. The van der Waals surface area contributed by atoms with Crippen molar-refractivity contribution in [1.82, 2.24) is 15.1 Å². The zero-order valence-electron chi connectivity index (χ0n) is 10.6. The topological polar surface area (TPSA) is 29.9 Å². The van der Waals surface area contributed by atoms with Crippen LogP contribution < -0.4 is 5.32 Å². The second-order valence-corrected chi connectivity index (χ2v) is 5.01. The van der Waals surface area contributed by atoms with Gasteiger partial charge in [0.25, 0.3) is 0 Å². The summed E-state index contributed by atoms with van der Waals surface area (Å²) in [6.45, 7) is 4.45. The highest BCUT2D eigenvalue weighted by Gasteiger charge is 2.13. The van der Waals surface area contributed by atoms with Crippen molar-refractivity contribution in [3.8, 4) is 5.69 Å². The maximum Gasteiger partial charge on any atom is 0.149 e. The van der Waals surface area contributed by atoms with E-state index >= 15 is 0 Å². The van der Waals surface area contributed by atoms with E-state index in [2.05, 4.69) is 26.3 Å². The number of benzene rings is 1. The number of aromatic nitrogens is 2. The number of hydrogen-bond acceptors (Lipinski definition) is 2. The summed E-state index contributed by atoms with van der Waals surface area (Å²) in [5.41, 5.74) is 3.14. The van der Waals surface area contributed by atoms with Crippen LogP contribution in [0.15, 0.2) is 22.7 Å². The molecular formula is C13H15BrFN3. The molecule has 0 aliphatic carbocycles. The summed E-state index contributed by atoms with van der Waals surface area (Å²) in [6, 6.07) is 5.20. The van der Waals surface area contributed by atoms with Crippen molar-refractivity contribution in [3.63, 3.8) is 0 Å². The van der Waals surface area contributed by atoms with E-state index in [4.69, 9.17) is 0 Å². The monoisotopic (exact) mass is 311 g/mol. The number of nitrogens with zero attached hydrogens (tertiary/aromatic N) is 2. The van der Waals surface area contributed by atoms with Gasteiger partial charge in [-0.1, -0.05) is 6.07 Å². The summed E-state index contributed by atoms with van der Waals surface area (Å²) in [7, 11) is 1.84. The molecule has 5 heteroatoms. The lowest BCUT2D eigenvalue weighted by Crippen LogP contribution is -2.07. The van der Waals surface area contributed by atoms with Crippen molar-refractivity contribution in [2.45, 2.75) is 20.4 Å². The smallest absolute Gasteiger partial charge is 0.149 e. The van der Waals surface area contributed by atoms with E-state index in [1.165, 1.54) is 6.07 Å². The second-order valence-electron chi connectivity index (χ2n) is 4.21. The van der Waals surface area contributed by atoms with Crippen LogP contribution in [-0.2, 0) is 6.54 Å². The van der Waals surface area contributed by atoms with Gasteiger partial charge in [0.05, 0.1) is 15.9 Å². The molecule has 1 aromatic carbocycles. The fraction of sp³-hybridized carbons (Fsp3) is 0.308. The van der Waals surface area contributed by atoms with Gasteiger partial charge in [-0.25, -0.2) is 9.07 Å². The van der Waals surface area contributed by atoms with E-state index in [-0.39, 0.29) is 5.82 Å². The van der Waals surface area contributed by atoms with Crippen LogP contribution in [0.5, 0.6) is 0 Å². The molecule has 3 nitrogen and oxygen atoms in total. The van der Waals surface area contributed by atoms with Crippen LogP contribution in [-0.4, -0.2) is 16.8 Å². The van der Waals surface area contributed by atoms with E-state index in [1.807, 2.05) is 27.0 Å². The van der Waals surface area contributed by atoms with Crippen molar-refractivity contribution in [2.75, 3.05) is 7.05 Å². The average molecular weight is 312 g/mol. The van der Waals surface area contributed by atoms with Gasteiger partial charge in [-0.2, -0.15) is 5.10 Å². The Labute approximate surface area is 114 Å². The molecule has 0 spiro atoms. The quantitative estimate of drug-likeness (QED) is 0.944. The zero-order chi connectivity index (χ0) is 13.3. The van der Waals surface area contributed by atoms with Crippen molar-refractivity contribution in [1.29, 1.82) is 0 Å². The molecule has 0 unspecified atom stereocenters. The molecule has 0 aliphatic rings. The highest BCUT2D eigenvalue weighted by atomic mass is 79.9. The first-order chi connectivity index (χ1) is 8.54. The predicted octanol–water partition coefficient (Wildman–Crippen LogP) is 3.11. The molecule has 18 heavy (non-hydrogen) atoms. The third-order valence-corrected chi connectivity index (χ3v) is 3.97. The van der Waals surface area contributed by atoms with Crippen LogP contribution >= 0.6 is 15.9 Å². The van der Waals surface area contributed by atoms with Gasteiger partial charge in [0.15, 0.2) is 0 Å². The Balaban J connectivity index is 2.48. The van der Waals surface area contributed by atoms with Crippen LogP contribution in [0.3, 0.4) is 0 Å². The van der Waals surface area contributed by atoms with E-state index in [9.17, 15) is 4.39 Å². The molecule has 0 saturated heterocycles. The molecule has 2 aromatic rings. The number of aryl methyl sites for hydroxylation is 1. The number of hydrogen-bond donors (Lipinski definition) is 1. The van der Waals surface area contributed by atoms with Gasteiger partial charge >= 0.3 is 0 Å². The van der Waals surface area contributed by atoms with Gasteiger partial charge < -0.3 is 5.32 Å². The molecule has 1 heterocycles. The summed E-state index contributed by atoms with van der Waals surface area (Å²) in [5.74, 6) is -0.263. The maximum atomic E-state index is 14.1. The van der Waals surface area contributed by atoms with Crippen LogP contribution in [0, 0.1) is 19.7 Å². The third-order valence-electron chi connectivity index (χ3n) is 2.82. The number of halogens is 2. The van der Waals surface area contributed by atoms with Gasteiger partial charge in [-0.15, -0.1) is 0 Å². The summed E-state index contributed by atoms with van der Waals surface area (Å²) >= 11 is 3.45. The second kappa shape index (κ2) is 5.20. The molecule has 1 N–H and O–H groups in total. The lowest BCUT2D eigenvalue weighted by Gasteiger charge is -2.08. The average Bonchev–Trinajstić information content (AvgIpc) is 2.58. The standard InChI is InChI=1S/C13H15BrFN3/c1-8-13(14)9(2)18(17-8)12-5-4-10(7-16-3)6-11(12)15/h4-6,16H,7H2,1-3H3. The van der Waals surface area contributed by atoms with Crippen molar-refractivity contribution >= 4 is 15.9 Å². The molecular weight excluding hydrogens is 297 g/mol. The highest BCUT2D eigenvalue weighted by Crippen LogP contribution is 2.24. The summed E-state index contributed by atoms with van der Waals surface area (Å²) < 4.78 is 16.6. The lowest BCUT2D eigenvalue weighted by atomic mass is 10.2. The van der Waals surface area contributed by atoms with Gasteiger partial charge in [0.2, 0.25) is 0 Å². The van der Waals surface area contributed by atoms with Crippen LogP contribution in [0.1, 0.15) is 17.0 Å². The lowest BCUT2D eigenvalue weighted by molar-refractivity contribution is 0.604. The van der Waals surface area contributed by atoms with Gasteiger partial charge in [-0.3, -0.25) is 0 Å². The summed E-state index contributed by atoms with van der Waals surface area (Å²) in [5, 5.41) is 7.33. The SMILES string of the molecule is CNCc1ccc(-n2nc(C)c(Br)c2C)c(F)c1. The summed E-state index contributed by atoms with van der Waals surface area (Å²) in [6.07, 6.45) is 0. The fourth-order valence-electron chi connectivity index (χ4n) is 1.89. The predicted molar refractivity (Wildman–Crippen MR) is 73.5 cm³/mol. The van der Waals surface area contributed by atoms with Gasteiger partial charge in [-0.05, 0) is 54.5 Å². The van der Waals surface area contributed by atoms with Crippen molar-refractivity contribution < 1.29 is 4.39 Å². The van der Waals surface area contributed by atoms with Gasteiger partial charge in [0, 0.05) is 6.54 Å². The van der Waals surface area contributed by atoms with E-state index in [0.717, 1.165) is 21.4 Å². The highest BCUT2D eigenvalue weighted by molar-refractivity contribution is 9.10. The van der Waals surface area contributed by atoms with Gasteiger partial charge in [0.1, 0.15) is 11.5 Å². The van der Waals surface area contributed by atoms with E-state index in [0.29, 0.717) is 12.2 Å². The minimum Gasteiger partial charge on any atom is -0.316 e. The Kier molecular flexibility index (Phi) is 3.82. The number of nitrogens with one attached hydrogen (secondary N) is 1. The molecule has 0 saturated carbocycles. The molecule has 0 aliphatic heterocycles. The van der Waals surface area contributed by atoms with Crippen LogP contribution in [0.4, 0.5) is 4.39 Å². The third kappa shape index (κ3) is 2.33. The molecule has 2 rings (SSSR count). The zero-order valence-corrected chi connectivity index (χ0v) is 12.2. The Morgan fingerprint density at radius 1 is 1.39 bits per heavy atom. The Morgan fingerprint density at radius 3 is 2.61 bits per heavy atom. The minimum absolute atomic E-state index is 0.263. The molecule has 0 bridgehead atoms. The maximum absolute atomic E-state index is 14.1. The summed E-state index contributed by atoms with van der Waals surface area (Å²) in [4.78, 5) is 0. The Morgan fingerprint density at radius 2 is 2.11 bits per heavy atom. The molecule has 0 atom stereocenters. The normalized spacial score (nSPS) is 10.9. The Hall–Kier alpha value is -1.20. The first-order valence-corrected chi connectivity index (χ1v) is 6.49. The van der Waals surface area contributed by atoms with Crippen molar-refractivity contribution in [3.05, 3.63) is 45.4 Å². The van der Waals surface area contributed by atoms with Crippen LogP contribution in [0.25, 0.3) is 5.69 Å². The Bertz CT molecular complexity index is 578. The molecule has 0 radical (unpaired) electrons. The fourth-order valence-corrected chi connectivity index (χ4v) is 2.14. The first-order valence-electron chi connectivity index (χ1n) is 5.69.